The van der Waals surface area contributed by atoms with Gasteiger partial charge < -0.3 is 33.9 Å². The number of methoxy groups -OCH3 is 5. The van der Waals surface area contributed by atoms with Crippen LogP contribution < -0.4 is 23.7 Å². The Kier molecular flexibility index (Phi) is 6.59. The molecule has 2 N–H and O–H groups in total. The lowest BCUT2D eigenvalue weighted by Crippen LogP contribution is -2.05. The van der Waals surface area contributed by atoms with Crippen molar-refractivity contribution in [3.8, 4) is 40.2 Å². The maximum absolute atomic E-state index is 12.8. The van der Waals surface area contributed by atoms with Gasteiger partial charge in [-0.3, -0.25) is 4.79 Å². The van der Waals surface area contributed by atoms with E-state index in [0.29, 0.717) is 11.3 Å². The summed E-state index contributed by atoms with van der Waals surface area (Å²) in [5.41, 5.74) is 0.406. The number of ketones is 1. The predicted octanol–water partition coefficient (Wildman–Crippen LogP) is 3.04. The molecule has 28 heavy (non-hydrogen) atoms. The van der Waals surface area contributed by atoms with E-state index in [1.54, 1.807) is 12.1 Å². The molecule has 0 aromatic heterocycles. The average molecular weight is 390 g/mol. The number of rotatable bonds is 8. The zero-order valence-electron chi connectivity index (χ0n) is 16.2. The molecule has 2 aromatic rings. The topological polar surface area (TPSA) is 104 Å². The average Bonchev–Trinajstić information content (AvgIpc) is 2.70. The second-order valence-electron chi connectivity index (χ2n) is 5.49. The molecule has 0 heterocycles. The summed E-state index contributed by atoms with van der Waals surface area (Å²) < 4.78 is 25.9. The van der Waals surface area contributed by atoms with Crippen molar-refractivity contribution < 1.29 is 38.7 Å². The molecule has 2 rings (SSSR count). The molecule has 0 radical (unpaired) electrons. The van der Waals surface area contributed by atoms with Crippen LogP contribution in [-0.4, -0.2) is 51.5 Å². The van der Waals surface area contributed by atoms with E-state index >= 15 is 0 Å². The Bertz CT molecular complexity index is 902. The summed E-state index contributed by atoms with van der Waals surface area (Å²) in [4.78, 5) is 12.8. The summed E-state index contributed by atoms with van der Waals surface area (Å²) in [5, 5.41) is 20.4. The maximum atomic E-state index is 12.8. The molecule has 2 aromatic carbocycles. The van der Waals surface area contributed by atoms with Gasteiger partial charge in [0.15, 0.2) is 28.8 Å². The molecule has 0 bridgehead atoms. The molecule has 150 valence electrons. The lowest BCUT2D eigenvalue weighted by atomic mass is 10.0. The van der Waals surface area contributed by atoms with E-state index in [2.05, 4.69) is 0 Å². The lowest BCUT2D eigenvalue weighted by Gasteiger charge is -2.19. The molecule has 0 aliphatic heterocycles. The highest BCUT2D eigenvalue weighted by Gasteiger charge is 2.30. The van der Waals surface area contributed by atoms with Crippen LogP contribution >= 0.6 is 0 Å². The van der Waals surface area contributed by atoms with E-state index in [4.69, 9.17) is 23.7 Å². The van der Waals surface area contributed by atoms with Gasteiger partial charge in [0.1, 0.15) is 5.56 Å². The third-order valence-electron chi connectivity index (χ3n) is 3.99. The second-order valence-corrected chi connectivity index (χ2v) is 5.49. The first kappa shape index (κ1) is 20.8. The molecule has 8 heteroatoms. The highest BCUT2D eigenvalue weighted by Crippen LogP contribution is 2.53. The summed E-state index contributed by atoms with van der Waals surface area (Å²) >= 11 is 0. The third-order valence-corrected chi connectivity index (χ3v) is 3.99. The van der Waals surface area contributed by atoms with Crippen LogP contribution in [0.3, 0.4) is 0 Å². The van der Waals surface area contributed by atoms with Crippen LogP contribution in [0.1, 0.15) is 15.9 Å². The van der Waals surface area contributed by atoms with Gasteiger partial charge in [-0.1, -0.05) is 12.1 Å². The number of ether oxygens (including phenoxy) is 5. The number of phenols is 2. The predicted molar refractivity (Wildman–Crippen MR) is 102 cm³/mol. The van der Waals surface area contributed by atoms with E-state index in [0.717, 1.165) is 0 Å². The van der Waals surface area contributed by atoms with Crippen molar-refractivity contribution in [2.24, 2.45) is 0 Å². The highest BCUT2D eigenvalue weighted by molar-refractivity contribution is 6.12. The molecule has 0 amide bonds. The van der Waals surface area contributed by atoms with Gasteiger partial charge in [-0.05, 0) is 23.8 Å². The Morgan fingerprint density at radius 3 is 1.89 bits per heavy atom. The van der Waals surface area contributed by atoms with Crippen LogP contribution in [0.5, 0.6) is 40.2 Å². The van der Waals surface area contributed by atoms with Crippen LogP contribution in [0.25, 0.3) is 6.08 Å². The molecule has 0 saturated heterocycles. The van der Waals surface area contributed by atoms with E-state index < -0.39 is 11.5 Å². The van der Waals surface area contributed by atoms with Crippen molar-refractivity contribution in [1.82, 2.24) is 0 Å². The number of hydrogen-bond acceptors (Lipinski definition) is 8. The fourth-order valence-electron chi connectivity index (χ4n) is 2.70. The Balaban J connectivity index is 2.54. The minimum atomic E-state index is -0.566. The molecule has 0 aliphatic carbocycles. The SMILES string of the molecule is COc1ccc(C=CC(=O)c2c(O)c(OC)c(OC)c(OC)c2OC)cc1O. The third kappa shape index (κ3) is 3.75. The van der Waals surface area contributed by atoms with Crippen LogP contribution in [0.15, 0.2) is 24.3 Å². The maximum Gasteiger partial charge on any atom is 0.211 e. The van der Waals surface area contributed by atoms with Crippen LogP contribution in [-0.2, 0) is 0 Å². The normalized spacial score (nSPS) is 10.6. The van der Waals surface area contributed by atoms with E-state index in [9.17, 15) is 15.0 Å². The highest BCUT2D eigenvalue weighted by atomic mass is 16.5. The quantitative estimate of drug-likeness (QED) is 0.524. The number of carbonyl (C=O) groups excluding carboxylic acids is 1. The van der Waals surface area contributed by atoms with Gasteiger partial charge >= 0.3 is 0 Å². The Morgan fingerprint density at radius 1 is 0.821 bits per heavy atom. The Morgan fingerprint density at radius 2 is 1.39 bits per heavy atom. The van der Waals surface area contributed by atoms with Crippen molar-refractivity contribution in [1.29, 1.82) is 0 Å². The van der Waals surface area contributed by atoms with Gasteiger partial charge in [0.05, 0.1) is 35.5 Å². The lowest BCUT2D eigenvalue weighted by molar-refractivity contribution is 0.104. The van der Waals surface area contributed by atoms with Crippen molar-refractivity contribution >= 4 is 11.9 Å². The molecule has 8 nitrogen and oxygen atoms in total. The van der Waals surface area contributed by atoms with Gasteiger partial charge in [-0.15, -0.1) is 0 Å². The van der Waals surface area contributed by atoms with E-state index in [-0.39, 0.29) is 34.3 Å². The Labute approximate surface area is 162 Å². The van der Waals surface area contributed by atoms with Gasteiger partial charge in [0.25, 0.3) is 0 Å². The van der Waals surface area contributed by atoms with Crippen LogP contribution in [0.2, 0.25) is 0 Å². The number of benzene rings is 2. The number of allylic oxidation sites excluding steroid dienone is 1. The molecular weight excluding hydrogens is 368 g/mol. The summed E-state index contributed by atoms with van der Waals surface area (Å²) in [5.74, 6) is -0.604. The monoisotopic (exact) mass is 390 g/mol. The minimum Gasteiger partial charge on any atom is -0.504 e. The van der Waals surface area contributed by atoms with Crippen LogP contribution in [0, 0.1) is 0 Å². The van der Waals surface area contributed by atoms with Crippen molar-refractivity contribution in [2.75, 3.05) is 35.5 Å². The molecule has 0 spiro atoms. The molecular formula is C20H22O8. The summed E-state index contributed by atoms with van der Waals surface area (Å²) in [6.45, 7) is 0. The largest absolute Gasteiger partial charge is 0.504 e. The molecule has 0 unspecified atom stereocenters. The minimum absolute atomic E-state index is 0.00452. The molecule has 0 saturated carbocycles. The fourth-order valence-corrected chi connectivity index (χ4v) is 2.70. The standard InChI is InChI=1S/C20H22O8/c1-24-14-9-7-11(10-13(14)22)6-8-12(21)15-16(23)18(26-3)20(28-5)19(27-4)17(15)25-2/h6-10,22-23H,1-5H3. The fraction of sp³-hybridized carbons (Fsp3) is 0.250. The van der Waals surface area contributed by atoms with Crippen molar-refractivity contribution in [2.45, 2.75) is 0 Å². The van der Waals surface area contributed by atoms with E-state index in [1.165, 1.54) is 53.8 Å². The molecule has 0 aliphatic rings. The number of aromatic hydroxyl groups is 2. The Hall–Kier alpha value is -3.55. The van der Waals surface area contributed by atoms with Gasteiger partial charge in [-0.25, -0.2) is 0 Å². The van der Waals surface area contributed by atoms with E-state index in [1.807, 2.05) is 0 Å². The number of hydrogen-bond donors (Lipinski definition) is 2. The van der Waals surface area contributed by atoms with Gasteiger partial charge in [0, 0.05) is 0 Å². The summed E-state index contributed by atoms with van der Waals surface area (Å²) in [7, 11) is 6.85. The summed E-state index contributed by atoms with van der Waals surface area (Å²) in [6.07, 6.45) is 2.70. The van der Waals surface area contributed by atoms with Gasteiger partial charge in [0.2, 0.25) is 17.2 Å². The summed E-state index contributed by atoms with van der Waals surface area (Å²) in [6, 6.07) is 4.67. The van der Waals surface area contributed by atoms with Crippen molar-refractivity contribution in [3.05, 3.63) is 35.4 Å². The second kappa shape index (κ2) is 8.90. The smallest absolute Gasteiger partial charge is 0.211 e. The zero-order chi connectivity index (χ0) is 20.8. The first-order valence-electron chi connectivity index (χ1n) is 8.11. The zero-order valence-corrected chi connectivity index (χ0v) is 16.2. The van der Waals surface area contributed by atoms with Gasteiger partial charge in [-0.2, -0.15) is 0 Å². The first-order valence-corrected chi connectivity index (χ1v) is 8.11. The molecule has 0 fully saturated rings. The number of carbonyl (C=O) groups is 1. The molecule has 0 atom stereocenters. The number of phenolic OH excluding ortho intramolecular Hbond substituents is 2. The first-order chi connectivity index (χ1) is 13.4. The van der Waals surface area contributed by atoms with Crippen LogP contribution in [0.4, 0.5) is 0 Å². The van der Waals surface area contributed by atoms with Crippen molar-refractivity contribution in [3.63, 3.8) is 0 Å².